The average molecular weight is 331 g/mol. The van der Waals surface area contributed by atoms with Crippen molar-refractivity contribution in [3.8, 4) is 5.75 Å². The number of nitrogens with one attached hydrogen (secondary N) is 1. The Bertz CT molecular complexity index is 599. The van der Waals surface area contributed by atoms with Crippen LogP contribution in [0.4, 0.5) is 10.5 Å². The molecule has 2 aliphatic heterocycles. The zero-order valence-corrected chi connectivity index (χ0v) is 14.2. The molecular weight excluding hydrogens is 306 g/mol. The summed E-state index contributed by atoms with van der Waals surface area (Å²) in [6, 6.07) is 7.46. The molecule has 1 unspecified atom stereocenters. The number of carbonyl (C=O) groups excluding carboxylic acids is 2. The first-order valence-electron chi connectivity index (χ1n) is 8.67. The van der Waals surface area contributed by atoms with Crippen LogP contribution in [0.1, 0.15) is 25.7 Å². The number of benzene rings is 1. The number of para-hydroxylation sites is 2. The van der Waals surface area contributed by atoms with E-state index in [9.17, 15) is 9.59 Å². The molecule has 0 aromatic heterocycles. The average Bonchev–Trinajstić information content (AvgIpc) is 3.16. The van der Waals surface area contributed by atoms with Crippen LogP contribution < -0.4 is 10.1 Å². The molecule has 2 saturated heterocycles. The molecule has 130 valence electrons. The minimum absolute atomic E-state index is 0.0431. The predicted molar refractivity (Wildman–Crippen MR) is 92.1 cm³/mol. The SMILES string of the molecule is COc1ccccc1NC(=O)C1CCCN(C(=O)N2CCCC2)C1. The largest absolute Gasteiger partial charge is 0.495 e. The third kappa shape index (κ3) is 3.63. The van der Waals surface area contributed by atoms with Crippen molar-refractivity contribution in [2.75, 3.05) is 38.6 Å². The van der Waals surface area contributed by atoms with E-state index in [2.05, 4.69) is 5.32 Å². The number of rotatable bonds is 3. The van der Waals surface area contributed by atoms with E-state index in [1.165, 1.54) is 0 Å². The predicted octanol–water partition coefficient (Wildman–Crippen LogP) is 2.56. The summed E-state index contributed by atoms with van der Waals surface area (Å²) < 4.78 is 5.27. The summed E-state index contributed by atoms with van der Waals surface area (Å²) in [7, 11) is 1.59. The number of hydrogen-bond donors (Lipinski definition) is 1. The molecule has 0 bridgehead atoms. The van der Waals surface area contributed by atoms with Gasteiger partial charge in [0.1, 0.15) is 5.75 Å². The van der Waals surface area contributed by atoms with E-state index in [4.69, 9.17) is 4.74 Å². The zero-order valence-electron chi connectivity index (χ0n) is 14.2. The molecule has 24 heavy (non-hydrogen) atoms. The molecule has 2 heterocycles. The topological polar surface area (TPSA) is 61.9 Å². The van der Waals surface area contributed by atoms with Crippen molar-refractivity contribution in [3.63, 3.8) is 0 Å². The molecule has 0 aliphatic carbocycles. The van der Waals surface area contributed by atoms with Gasteiger partial charge in [-0.25, -0.2) is 4.79 Å². The van der Waals surface area contributed by atoms with Crippen molar-refractivity contribution in [2.24, 2.45) is 5.92 Å². The maximum atomic E-state index is 12.6. The minimum Gasteiger partial charge on any atom is -0.495 e. The highest BCUT2D eigenvalue weighted by Crippen LogP contribution is 2.26. The molecule has 1 N–H and O–H groups in total. The molecule has 1 aromatic carbocycles. The van der Waals surface area contributed by atoms with Crippen LogP contribution in [0.25, 0.3) is 0 Å². The first-order chi connectivity index (χ1) is 11.7. The van der Waals surface area contributed by atoms with Crippen LogP contribution >= 0.6 is 0 Å². The van der Waals surface area contributed by atoms with Gasteiger partial charge in [0, 0.05) is 26.2 Å². The summed E-state index contributed by atoms with van der Waals surface area (Å²) >= 11 is 0. The van der Waals surface area contributed by atoms with Gasteiger partial charge in [0.05, 0.1) is 18.7 Å². The summed E-state index contributed by atoms with van der Waals surface area (Å²) in [6.07, 6.45) is 3.84. The van der Waals surface area contributed by atoms with Gasteiger partial charge in [-0.1, -0.05) is 12.1 Å². The van der Waals surface area contributed by atoms with Crippen LogP contribution in [0.5, 0.6) is 5.75 Å². The number of carbonyl (C=O) groups is 2. The number of amides is 3. The molecule has 0 saturated carbocycles. The van der Waals surface area contributed by atoms with Gasteiger partial charge in [0.25, 0.3) is 0 Å². The second-order valence-corrected chi connectivity index (χ2v) is 6.45. The highest BCUT2D eigenvalue weighted by molar-refractivity contribution is 5.94. The summed E-state index contributed by atoms with van der Waals surface area (Å²) in [4.78, 5) is 28.9. The molecule has 3 rings (SSSR count). The lowest BCUT2D eigenvalue weighted by Crippen LogP contribution is -2.48. The first-order valence-corrected chi connectivity index (χ1v) is 8.67. The Morgan fingerprint density at radius 2 is 1.79 bits per heavy atom. The monoisotopic (exact) mass is 331 g/mol. The lowest BCUT2D eigenvalue weighted by Gasteiger charge is -2.34. The van der Waals surface area contributed by atoms with Gasteiger partial charge in [-0.3, -0.25) is 4.79 Å². The number of piperidine rings is 1. The number of hydrogen-bond acceptors (Lipinski definition) is 3. The van der Waals surface area contributed by atoms with Gasteiger partial charge in [0.15, 0.2) is 0 Å². The van der Waals surface area contributed by atoms with Crippen molar-refractivity contribution in [2.45, 2.75) is 25.7 Å². The van der Waals surface area contributed by atoms with Gasteiger partial charge in [-0.15, -0.1) is 0 Å². The molecule has 3 amide bonds. The quantitative estimate of drug-likeness (QED) is 0.926. The lowest BCUT2D eigenvalue weighted by atomic mass is 9.97. The van der Waals surface area contributed by atoms with E-state index in [0.717, 1.165) is 45.3 Å². The maximum absolute atomic E-state index is 12.6. The molecule has 0 radical (unpaired) electrons. The first kappa shape index (κ1) is 16.6. The Balaban J connectivity index is 1.61. The number of likely N-dealkylation sites (tertiary alicyclic amines) is 2. The van der Waals surface area contributed by atoms with Crippen LogP contribution in [0.2, 0.25) is 0 Å². The zero-order chi connectivity index (χ0) is 16.9. The number of ether oxygens (including phenoxy) is 1. The van der Waals surface area contributed by atoms with Crippen molar-refractivity contribution < 1.29 is 14.3 Å². The van der Waals surface area contributed by atoms with Crippen molar-refractivity contribution >= 4 is 17.6 Å². The fourth-order valence-corrected chi connectivity index (χ4v) is 3.46. The van der Waals surface area contributed by atoms with Gasteiger partial charge in [-0.2, -0.15) is 0 Å². The van der Waals surface area contributed by atoms with Crippen LogP contribution in [-0.2, 0) is 4.79 Å². The van der Waals surface area contributed by atoms with Gasteiger partial charge in [0.2, 0.25) is 5.91 Å². The van der Waals surface area contributed by atoms with Crippen LogP contribution in [0.3, 0.4) is 0 Å². The van der Waals surface area contributed by atoms with E-state index in [-0.39, 0.29) is 17.9 Å². The number of anilines is 1. The molecular formula is C18H25N3O3. The van der Waals surface area contributed by atoms with Crippen molar-refractivity contribution in [1.82, 2.24) is 9.80 Å². The number of methoxy groups -OCH3 is 1. The molecule has 6 nitrogen and oxygen atoms in total. The van der Waals surface area contributed by atoms with E-state index in [0.29, 0.717) is 18.0 Å². The Kier molecular flexibility index (Phi) is 5.23. The smallest absolute Gasteiger partial charge is 0.320 e. The Hall–Kier alpha value is -2.24. The third-order valence-electron chi connectivity index (χ3n) is 4.80. The molecule has 2 aliphatic rings. The Labute approximate surface area is 142 Å². The Morgan fingerprint density at radius 1 is 1.08 bits per heavy atom. The van der Waals surface area contributed by atoms with E-state index >= 15 is 0 Å². The summed E-state index contributed by atoms with van der Waals surface area (Å²) in [5.41, 5.74) is 0.674. The van der Waals surface area contributed by atoms with Gasteiger partial charge >= 0.3 is 6.03 Å². The van der Waals surface area contributed by atoms with Crippen LogP contribution in [0.15, 0.2) is 24.3 Å². The van der Waals surface area contributed by atoms with E-state index < -0.39 is 0 Å². The maximum Gasteiger partial charge on any atom is 0.320 e. The molecule has 1 atom stereocenters. The molecule has 1 aromatic rings. The second-order valence-electron chi connectivity index (χ2n) is 6.45. The lowest BCUT2D eigenvalue weighted by molar-refractivity contribution is -0.121. The van der Waals surface area contributed by atoms with Crippen LogP contribution in [-0.4, -0.2) is 55.0 Å². The fourth-order valence-electron chi connectivity index (χ4n) is 3.46. The number of nitrogens with zero attached hydrogens (tertiary/aromatic N) is 2. The normalized spacial score (nSPS) is 20.8. The second kappa shape index (κ2) is 7.55. The highest BCUT2D eigenvalue weighted by atomic mass is 16.5. The fraction of sp³-hybridized carbons (Fsp3) is 0.556. The van der Waals surface area contributed by atoms with Crippen molar-refractivity contribution in [1.29, 1.82) is 0 Å². The summed E-state index contributed by atoms with van der Waals surface area (Å²) in [6.45, 7) is 2.92. The highest BCUT2D eigenvalue weighted by Gasteiger charge is 2.31. The van der Waals surface area contributed by atoms with E-state index in [1.54, 1.807) is 7.11 Å². The van der Waals surface area contributed by atoms with Crippen LogP contribution in [0, 0.1) is 5.92 Å². The summed E-state index contributed by atoms with van der Waals surface area (Å²) in [5.74, 6) is 0.431. The number of urea groups is 1. The minimum atomic E-state index is -0.171. The van der Waals surface area contributed by atoms with E-state index in [1.807, 2.05) is 34.1 Å². The van der Waals surface area contributed by atoms with Gasteiger partial charge in [-0.05, 0) is 37.8 Å². The Morgan fingerprint density at radius 3 is 2.54 bits per heavy atom. The van der Waals surface area contributed by atoms with Gasteiger partial charge < -0.3 is 19.9 Å². The van der Waals surface area contributed by atoms with Crippen molar-refractivity contribution in [3.05, 3.63) is 24.3 Å². The third-order valence-corrected chi connectivity index (χ3v) is 4.80. The molecule has 2 fully saturated rings. The molecule has 0 spiro atoms. The molecule has 6 heteroatoms. The standard InChI is InChI=1S/C18H25N3O3/c1-24-16-9-3-2-8-15(16)19-17(22)14-7-6-12-21(13-14)18(23)20-10-4-5-11-20/h2-3,8-9,14H,4-7,10-13H2,1H3,(H,19,22). The summed E-state index contributed by atoms with van der Waals surface area (Å²) in [5, 5.41) is 2.94.